The molecule has 2 unspecified atom stereocenters. The highest BCUT2D eigenvalue weighted by atomic mass is 79.9. The number of alkyl halides is 1. The van der Waals surface area contributed by atoms with Crippen molar-refractivity contribution in [3.63, 3.8) is 0 Å². The lowest BCUT2D eigenvalue weighted by Gasteiger charge is -2.18. The van der Waals surface area contributed by atoms with Crippen LogP contribution in [-0.4, -0.2) is 14.6 Å². The van der Waals surface area contributed by atoms with Crippen LogP contribution in [-0.2, 0) is 13.0 Å². The van der Waals surface area contributed by atoms with Crippen LogP contribution >= 0.6 is 15.9 Å². The Labute approximate surface area is 107 Å². The molecule has 0 aliphatic heterocycles. The molecular formula is C13H21BrN2. The van der Waals surface area contributed by atoms with Crippen LogP contribution in [0, 0.1) is 5.92 Å². The number of hydrogen-bond acceptors (Lipinski definition) is 1. The van der Waals surface area contributed by atoms with Crippen LogP contribution in [0.5, 0.6) is 0 Å². The molecule has 2 atom stereocenters. The van der Waals surface area contributed by atoms with E-state index in [0.717, 1.165) is 12.5 Å². The van der Waals surface area contributed by atoms with Gasteiger partial charge in [-0.05, 0) is 37.7 Å². The normalized spacial score (nSPS) is 26.6. The van der Waals surface area contributed by atoms with Gasteiger partial charge < -0.3 is 0 Å². The minimum Gasteiger partial charge on any atom is -0.273 e. The molecule has 0 amide bonds. The Balaban J connectivity index is 1.96. The molecule has 90 valence electrons. The average molecular weight is 285 g/mol. The Morgan fingerprint density at radius 3 is 2.94 bits per heavy atom. The Kier molecular flexibility index (Phi) is 4.45. The van der Waals surface area contributed by atoms with Crippen molar-refractivity contribution in [3.05, 3.63) is 18.0 Å². The van der Waals surface area contributed by atoms with Gasteiger partial charge in [-0.2, -0.15) is 5.10 Å². The van der Waals surface area contributed by atoms with Crippen LogP contribution in [0.4, 0.5) is 0 Å². The van der Waals surface area contributed by atoms with Crippen molar-refractivity contribution in [2.45, 2.75) is 56.8 Å². The zero-order chi connectivity index (χ0) is 11.4. The van der Waals surface area contributed by atoms with Gasteiger partial charge in [0, 0.05) is 17.6 Å². The molecule has 3 heteroatoms. The van der Waals surface area contributed by atoms with Gasteiger partial charge in [0.25, 0.3) is 0 Å². The van der Waals surface area contributed by atoms with Crippen LogP contribution in [0.15, 0.2) is 12.4 Å². The second kappa shape index (κ2) is 5.85. The fourth-order valence-corrected chi connectivity index (χ4v) is 3.33. The quantitative estimate of drug-likeness (QED) is 0.610. The van der Waals surface area contributed by atoms with Gasteiger partial charge in [-0.3, -0.25) is 4.68 Å². The van der Waals surface area contributed by atoms with Crippen molar-refractivity contribution in [3.8, 4) is 0 Å². The molecule has 0 saturated heterocycles. The van der Waals surface area contributed by atoms with Crippen LogP contribution < -0.4 is 0 Å². The number of halogens is 1. The first-order valence-electron chi connectivity index (χ1n) is 6.45. The van der Waals surface area contributed by atoms with Crippen molar-refractivity contribution in [1.82, 2.24) is 9.78 Å². The topological polar surface area (TPSA) is 17.8 Å². The van der Waals surface area contributed by atoms with Crippen molar-refractivity contribution in [1.29, 1.82) is 0 Å². The largest absolute Gasteiger partial charge is 0.273 e. The maximum atomic E-state index is 4.35. The Morgan fingerprint density at radius 1 is 1.38 bits per heavy atom. The summed E-state index contributed by atoms with van der Waals surface area (Å²) in [5.74, 6) is 0.803. The van der Waals surface area contributed by atoms with E-state index in [1.807, 2.05) is 10.9 Å². The smallest absolute Gasteiger partial charge is 0.0521 e. The highest BCUT2D eigenvalue weighted by Crippen LogP contribution is 2.31. The summed E-state index contributed by atoms with van der Waals surface area (Å²) in [5, 5.41) is 4.35. The van der Waals surface area contributed by atoms with Crippen LogP contribution in [0.1, 0.15) is 44.6 Å². The molecule has 1 fully saturated rings. The summed E-state index contributed by atoms with van der Waals surface area (Å²) in [4.78, 5) is 0.708. The lowest BCUT2D eigenvalue weighted by Crippen LogP contribution is -2.15. The van der Waals surface area contributed by atoms with Gasteiger partial charge in [0.1, 0.15) is 0 Å². The molecule has 1 aliphatic rings. The molecule has 0 aromatic carbocycles. The van der Waals surface area contributed by atoms with Gasteiger partial charge in [0.15, 0.2) is 0 Å². The van der Waals surface area contributed by atoms with Gasteiger partial charge in [-0.15, -0.1) is 0 Å². The number of aryl methyl sites for hydroxylation is 1. The molecule has 1 heterocycles. The van der Waals surface area contributed by atoms with E-state index in [1.165, 1.54) is 44.1 Å². The van der Waals surface area contributed by atoms with Gasteiger partial charge in [-0.1, -0.05) is 35.2 Å². The number of nitrogens with zero attached hydrogens (tertiary/aromatic N) is 2. The van der Waals surface area contributed by atoms with Crippen LogP contribution in [0.3, 0.4) is 0 Å². The second-order valence-corrected chi connectivity index (χ2v) is 6.00. The van der Waals surface area contributed by atoms with E-state index in [2.05, 4.69) is 34.1 Å². The standard InChI is InChI=1S/C13H21BrN2/c1-2-16-10-11(9-15-16)8-12-6-4-3-5-7-13(12)14/h9-10,12-13H,2-8H2,1H3. The molecule has 16 heavy (non-hydrogen) atoms. The molecular weight excluding hydrogens is 264 g/mol. The van der Waals surface area contributed by atoms with E-state index < -0.39 is 0 Å². The zero-order valence-electron chi connectivity index (χ0n) is 10.0. The SMILES string of the molecule is CCn1cc(CC2CCCCCC2Br)cn1. The molecule has 0 N–H and O–H groups in total. The molecule has 0 radical (unpaired) electrons. The molecule has 2 rings (SSSR count). The third kappa shape index (κ3) is 3.09. The van der Waals surface area contributed by atoms with Gasteiger partial charge in [-0.25, -0.2) is 0 Å². The van der Waals surface area contributed by atoms with Crippen molar-refractivity contribution < 1.29 is 0 Å². The summed E-state index contributed by atoms with van der Waals surface area (Å²) in [6.45, 7) is 3.11. The molecule has 1 saturated carbocycles. The fourth-order valence-electron chi connectivity index (χ4n) is 2.56. The molecule has 1 aliphatic carbocycles. The van der Waals surface area contributed by atoms with Crippen molar-refractivity contribution in [2.75, 3.05) is 0 Å². The minimum absolute atomic E-state index is 0.708. The van der Waals surface area contributed by atoms with E-state index in [0.29, 0.717) is 4.83 Å². The Morgan fingerprint density at radius 2 is 2.19 bits per heavy atom. The zero-order valence-corrected chi connectivity index (χ0v) is 11.6. The summed E-state index contributed by atoms with van der Waals surface area (Å²) in [6, 6.07) is 0. The van der Waals surface area contributed by atoms with E-state index in [9.17, 15) is 0 Å². The highest BCUT2D eigenvalue weighted by Gasteiger charge is 2.21. The lowest BCUT2D eigenvalue weighted by molar-refractivity contribution is 0.475. The first-order chi connectivity index (χ1) is 7.79. The highest BCUT2D eigenvalue weighted by molar-refractivity contribution is 9.09. The third-order valence-corrected chi connectivity index (χ3v) is 4.78. The summed E-state index contributed by atoms with van der Waals surface area (Å²) in [6.07, 6.45) is 12.3. The van der Waals surface area contributed by atoms with Crippen molar-refractivity contribution in [2.24, 2.45) is 5.92 Å². The molecule has 0 bridgehead atoms. The fraction of sp³-hybridized carbons (Fsp3) is 0.769. The van der Waals surface area contributed by atoms with Crippen molar-refractivity contribution >= 4 is 15.9 Å². The van der Waals surface area contributed by atoms with Gasteiger partial charge >= 0.3 is 0 Å². The summed E-state index contributed by atoms with van der Waals surface area (Å²) < 4.78 is 2.02. The first-order valence-corrected chi connectivity index (χ1v) is 7.36. The van der Waals surface area contributed by atoms with Crippen LogP contribution in [0.25, 0.3) is 0 Å². The summed E-state index contributed by atoms with van der Waals surface area (Å²) in [7, 11) is 0. The van der Waals surface area contributed by atoms with E-state index >= 15 is 0 Å². The maximum absolute atomic E-state index is 4.35. The van der Waals surface area contributed by atoms with Crippen LogP contribution in [0.2, 0.25) is 0 Å². The molecule has 2 nitrogen and oxygen atoms in total. The lowest BCUT2D eigenvalue weighted by atomic mass is 9.94. The number of rotatable bonds is 3. The Bertz CT molecular complexity index is 321. The summed E-state index contributed by atoms with van der Waals surface area (Å²) in [5.41, 5.74) is 1.40. The predicted octanol–water partition coefficient (Wildman–Crippen LogP) is 3.79. The maximum Gasteiger partial charge on any atom is 0.0521 e. The monoisotopic (exact) mass is 284 g/mol. The van der Waals surface area contributed by atoms with Gasteiger partial charge in [0.2, 0.25) is 0 Å². The minimum atomic E-state index is 0.708. The number of hydrogen-bond donors (Lipinski definition) is 0. The molecule has 1 aromatic heterocycles. The van der Waals surface area contributed by atoms with E-state index in [4.69, 9.17) is 0 Å². The molecule has 1 aromatic rings. The van der Waals surface area contributed by atoms with E-state index in [-0.39, 0.29) is 0 Å². The second-order valence-electron chi connectivity index (χ2n) is 4.82. The van der Waals surface area contributed by atoms with Gasteiger partial charge in [0.05, 0.1) is 6.20 Å². The summed E-state index contributed by atoms with van der Waals surface area (Å²) >= 11 is 3.86. The van der Waals surface area contributed by atoms with E-state index in [1.54, 1.807) is 0 Å². The third-order valence-electron chi connectivity index (χ3n) is 3.57. The first kappa shape index (κ1) is 12.2. The Hall–Kier alpha value is -0.310. The average Bonchev–Trinajstić information content (AvgIpc) is 2.65. The number of aromatic nitrogens is 2. The molecule has 0 spiro atoms. The predicted molar refractivity (Wildman–Crippen MR) is 70.9 cm³/mol.